The SMILES string of the molecule is C#CCC(N)C(=O)CC#CC(C)(C)C. The molecule has 0 aromatic heterocycles. The second kappa shape index (κ2) is 5.47. The van der Waals surface area contributed by atoms with Crippen molar-refractivity contribution in [3.63, 3.8) is 0 Å². The average molecular weight is 191 g/mol. The largest absolute Gasteiger partial charge is 0.321 e. The molecule has 0 heterocycles. The van der Waals surface area contributed by atoms with Crippen LogP contribution < -0.4 is 5.73 Å². The monoisotopic (exact) mass is 191 g/mol. The van der Waals surface area contributed by atoms with E-state index >= 15 is 0 Å². The molecule has 0 saturated carbocycles. The first kappa shape index (κ1) is 12.8. The lowest BCUT2D eigenvalue weighted by Gasteiger charge is -2.07. The molecule has 0 aliphatic rings. The summed E-state index contributed by atoms with van der Waals surface area (Å²) in [5, 5.41) is 0. The van der Waals surface area contributed by atoms with E-state index in [0.29, 0.717) is 0 Å². The first-order valence-electron chi connectivity index (χ1n) is 4.58. The van der Waals surface area contributed by atoms with Gasteiger partial charge in [0.1, 0.15) is 0 Å². The number of carbonyl (C=O) groups excluding carboxylic acids is 1. The molecule has 0 spiro atoms. The highest BCUT2D eigenvalue weighted by atomic mass is 16.1. The molecular weight excluding hydrogens is 174 g/mol. The Bertz CT molecular complexity index is 293. The van der Waals surface area contributed by atoms with E-state index in [9.17, 15) is 4.79 Å². The molecule has 14 heavy (non-hydrogen) atoms. The second-order valence-electron chi connectivity index (χ2n) is 4.21. The smallest absolute Gasteiger partial charge is 0.162 e. The number of Topliss-reactive ketones (excluding diaryl/α,β-unsaturated/α-hetero) is 1. The van der Waals surface area contributed by atoms with Crippen LogP contribution in [0.15, 0.2) is 0 Å². The molecule has 2 nitrogen and oxygen atoms in total. The molecule has 0 aromatic carbocycles. The van der Waals surface area contributed by atoms with Gasteiger partial charge in [-0.15, -0.1) is 12.3 Å². The Kier molecular flexibility index (Phi) is 4.99. The van der Waals surface area contributed by atoms with Crippen LogP contribution in [0.2, 0.25) is 0 Å². The maximum atomic E-state index is 11.3. The van der Waals surface area contributed by atoms with E-state index in [0.717, 1.165) is 0 Å². The van der Waals surface area contributed by atoms with Crippen molar-refractivity contribution in [1.29, 1.82) is 0 Å². The van der Waals surface area contributed by atoms with Gasteiger partial charge in [-0.2, -0.15) is 0 Å². The second-order valence-corrected chi connectivity index (χ2v) is 4.21. The summed E-state index contributed by atoms with van der Waals surface area (Å²) in [5.74, 6) is 8.07. The number of hydrogen-bond donors (Lipinski definition) is 1. The van der Waals surface area contributed by atoms with Crippen LogP contribution in [0.25, 0.3) is 0 Å². The van der Waals surface area contributed by atoms with Gasteiger partial charge in [-0.1, -0.05) is 11.8 Å². The molecule has 76 valence electrons. The molecular formula is C12H17NO. The maximum absolute atomic E-state index is 11.3. The summed E-state index contributed by atoms with van der Waals surface area (Å²) in [5.41, 5.74) is 5.44. The minimum absolute atomic E-state index is 0.0729. The Labute approximate surface area is 86.3 Å². The molecule has 2 N–H and O–H groups in total. The molecule has 1 atom stereocenters. The van der Waals surface area contributed by atoms with E-state index in [2.05, 4.69) is 17.8 Å². The van der Waals surface area contributed by atoms with E-state index < -0.39 is 6.04 Å². The van der Waals surface area contributed by atoms with Crippen LogP contribution in [0.1, 0.15) is 33.6 Å². The summed E-state index contributed by atoms with van der Waals surface area (Å²) in [4.78, 5) is 11.3. The van der Waals surface area contributed by atoms with Gasteiger partial charge in [0.05, 0.1) is 12.5 Å². The third-order valence-electron chi connectivity index (χ3n) is 1.48. The minimum Gasteiger partial charge on any atom is -0.321 e. The predicted molar refractivity (Wildman–Crippen MR) is 58.3 cm³/mol. The first-order chi connectivity index (χ1) is 6.37. The zero-order chi connectivity index (χ0) is 11.2. The van der Waals surface area contributed by atoms with Crippen LogP contribution in [0.4, 0.5) is 0 Å². The lowest BCUT2D eigenvalue weighted by molar-refractivity contribution is -0.119. The van der Waals surface area contributed by atoms with Gasteiger partial charge in [-0.3, -0.25) is 4.79 Å². The van der Waals surface area contributed by atoms with E-state index in [-0.39, 0.29) is 24.0 Å². The molecule has 0 saturated heterocycles. The van der Waals surface area contributed by atoms with Gasteiger partial charge in [0.15, 0.2) is 5.78 Å². The van der Waals surface area contributed by atoms with Crippen molar-refractivity contribution in [2.45, 2.75) is 39.7 Å². The number of ketones is 1. The lowest BCUT2D eigenvalue weighted by Crippen LogP contribution is -2.29. The molecule has 0 bridgehead atoms. The summed E-state index contributed by atoms with van der Waals surface area (Å²) in [7, 11) is 0. The van der Waals surface area contributed by atoms with Gasteiger partial charge in [0.2, 0.25) is 0 Å². The summed E-state index contributed by atoms with van der Waals surface area (Å²) in [6, 6.07) is -0.561. The highest BCUT2D eigenvalue weighted by molar-refractivity contribution is 5.86. The lowest BCUT2D eigenvalue weighted by atomic mass is 9.97. The zero-order valence-corrected chi connectivity index (χ0v) is 9.05. The van der Waals surface area contributed by atoms with Crippen molar-refractivity contribution in [2.24, 2.45) is 11.1 Å². The maximum Gasteiger partial charge on any atom is 0.162 e. The van der Waals surface area contributed by atoms with Crippen LogP contribution in [-0.4, -0.2) is 11.8 Å². The fourth-order valence-electron chi connectivity index (χ4n) is 0.768. The topological polar surface area (TPSA) is 43.1 Å². The van der Waals surface area contributed by atoms with Crippen molar-refractivity contribution in [3.05, 3.63) is 0 Å². The zero-order valence-electron chi connectivity index (χ0n) is 9.05. The third-order valence-corrected chi connectivity index (χ3v) is 1.48. The van der Waals surface area contributed by atoms with Crippen molar-refractivity contribution in [3.8, 4) is 24.2 Å². The third kappa shape index (κ3) is 6.29. The highest BCUT2D eigenvalue weighted by Crippen LogP contribution is 2.09. The van der Waals surface area contributed by atoms with Crippen LogP contribution in [0.3, 0.4) is 0 Å². The number of terminal acetylenes is 1. The Hall–Kier alpha value is -1.25. The van der Waals surface area contributed by atoms with E-state index in [4.69, 9.17) is 12.2 Å². The highest BCUT2D eigenvalue weighted by Gasteiger charge is 2.10. The molecule has 0 fully saturated rings. The summed E-state index contributed by atoms with van der Waals surface area (Å²) in [6.07, 6.45) is 5.53. The van der Waals surface area contributed by atoms with Crippen LogP contribution in [0.5, 0.6) is 0 Å². The van der Waals surface area contributed by atoms with Crippen molar-refractivity contribution in [1.82, 2.24) is 0 Å². The number of rotatable bonds is 3. The van der Waals surface area contributed by atoms with Gasteiger partial charge in [-0.25, -0.2) is 0 Å². The molecule has 0 amide bonds. The fraction of sp³-hybridized carbons (Fsp3) is 0.583. The molecule has 0 rings (SSSR count). The fourth-order valence-corrected chi connectivity index (χ4v) is 0.768. The van der Waals surface area contributed by atoms with Gasteiger partial charge < -0.3 is 5.73 Å². The standard InChI is InChI=1S/C12H17NO/c1-5-7-10(13)11(14)8-6-9-12(2,3)4/h1,10H,7-8,13H2,2-4H3. The molecule has 0 aromatic rings. The number of hydrogen-bond acceptors (Lipinski definition) is 2. The number of nitrogens with two attached hydrogens (primary N) is 1. The summed E-state index contributed by atoms with van der Waals surface area (Å²) >= 11 is 0. The van der Waals surface area contributed by atoms with E-state index in [1.54, 1.807) is 0 Å². The summed E-state index contributed by atoms with van der Waals surface area (Å²) in [6.45, 7) is 5.98. The predicted octanol–water partition coefficient (Wildman–Crippen LogP) is 1.35. The molecule has 2 heteroatoms. The van der Waals surface area contributed by atoms with Crippen LogP contribution in [-0.2, 0) is 4.79 Å². The van der Waals surface area contributed by atoms with Gasteiger partial charge >= 0.3 is 0 Å². The Morgan fingerprint density at radius 2 is 2.07 bits per heavy atom. The van der Waals surface area contributed by atoms with Gasteiger partial charge in [-0.05, 0) is 20.8 Å². The Balaban J connectivity index is 4.08. The van der Waals surface area contributed by atoms with E-state index in [1.807, 2.05) is 20.8 Å². The van der Waals surface area contributed by atoms with Gasteiger partial charge in [0.25, 0.3) is 0 Å². The van der Waals surface area contributed by atoms with E-state index in [1.165, 1.54) is 0 Å². The van der Waals surface area contributed by atoms with Crippen molar-refractivity contribution in [2.75, 3.05) is 0 Å². The molecule has 1 unspecified atom stereocenters. The quantitative estimate of drug-likeness (QED) is 0.684. The van der Waals surface area contributed by atoms with Gasteiger partial charge in [0, 0.05) is 11.8 Å². The van der Waals surface area contributed by atoms with Crippen LogP contribution >= 0.6 is 0 Å². The first-order valence-corrected chi connectivity index (χ1v) is 4.58. The molecule has 0 aliphatic heterocycles. The molecule has 0 radical (unpaired) electrons. The van der Waals surface area contributed by atoms with Crippen molar-refractivity contribution < 1.29 is 4.79 Å². The summed E-state index contributed by atoms with van der Waals surface area (Å²) < 4.78 is 0. The average Bonchev–Trinajstić information content (AvgIpc) is 2.02. The van der Waals surface area contributed by atoms with Crippen LogP contribution in [0, 0.1) is 29.6 Å². The molecule has 0 aliphatic carbocycles. The minimum atomic E-state index is -0.561. The van der Waals surface area contributed by atoms with Crippen molar-refractivity contribution >= 4 is 5.78 Å². The normalized spacial score (nSPS) is 12.2. The number of carbonyl (C=O) groups is 1. The Morgan fingerprint density at radius 1 is 1.50 bits per heavy atom. The Morgan fingerprint density at radius 3 is 2.50 bits per heavy atom.